The van der Waals surface area contributed by atoms with Gasteiger partial charge in [0.2, 0.25) is 0 Å². The summed E-state index contributed by atoms with van der Waals surface area (Å²) >= 11 is 7.66. The topological polar surface area (TPSA) is 18.5 Å². The van der Waals surface area contributed by atoms with E-state index in [4.69, 9.17) is 21.1 Å². The highest BCUT2D eigenvalue weighted by molar-refractivity contribution is 7.99. The molecule has 0 saturated carbocycles. The Kier molecular flexibility index (Phi) is 7.29. The average molecular weight is 275 g/mol. The first-order chi connectivity index (χ1) is 8.31. The molecule has 0 heterocycles. The van der Waals surface area contributed by atoms with E-state index >= 15 is 0 Å². The summed E-state index contributed by atoms with van der Waals surface area (Å²) in [7, 11) is 0. The van der Waals surface area contributed by atoms with Gasteiger partial charge in [-0.25, -0.2) is 0 Å². The van der Waals surface area contributed by atoms with Crippen molar-refractivity contribution in [1.82, 2.24) is 0 Å². The van der Waals surface area contributed by atoms with Gasteiger partial charge in [0.05, 0.1) is 13.2 Å². The highest BCUT2D eigenvalue weighted by Crippen LogP contribution is 2.29. The fraction of sp³-hybridized carbons (Fsp3) is 0.538. The largest absolute Gasteiger partial charge is 0.490 e. The second kappa shape index (κ2) is 8.54. The normalized spacial score (nSPS) is 10.3. The minimum Gasteiger partial charge on any atom is -0.490 e. The standard InChI is InChI=1S/C13H19ClO2S/c1-3-15-13-9-11(10-14)5-6-12(13)16-7-8-17-4-2/h5-6,9H,3-4,7-8,10H2,1-2H3. The van der Waals surface area contributed by atoms with Crippen molar-refractivity contribution < 1.29 is 9.47 Å². The predicted molar refractivity (Wildman–Crippen MR) is 75.7 cm³/mol. The molecule has 2 nitrogen and oxygen atoms in total. The van der Waals surface area contributed by atoms with Crippen LogP contribution in [0, 0.1) is 0 Å². The fourth-order valence-corrected chi connectivity index (χ4v) is 2.03. The first-order valence-corrected chi connectivity index (χ1v) is 7.53. The van der Waals surface area contributed by atoms with E-state index in [9.17, 15) is 0 Å². The maximum atomic E-state index is 5.80. The van der Waals surface area contributed by atoms with Crippen LogP contribution in [-0.4, -0.2) is 24.7 Å². The highest BCUT2D eigenvalue weighted by atomic mass is 35.5. The smallest absolute Gasteiger partial charge is 0.161 e. The van der Waals surface area contributed by atoms with Crippen molar-refractivity contribution in [3.8, 4) is 11.5 Å². The lowest BCUT2D eigenvalue weighted by molar-refractivity contribution is 0.289. The molecule has 17 heavy (non-hydrogen) atoms. The second-order valence-electron chi connectivity index (χ2n) is 3.39. The van der Waals surface area contributed by atoms with E-state index in [1.54, 1.807) is 0 Å². The highest BCUT2D eigenvalue weighted by Gasteiger charge is 2.05. The third-order valence-corrected chi connectivity index (χ3v) is 3.32. The van der Waals surface area contributed by atoms with Crippen LogP contribution >= 0.6 is 23.4 Å². The van der Waals surface area contributed by atoms with Crippen molar-refractivity contribution in [1.29, 1.82) is 0 Å². The Balaban J connectivity index is 2.62. The number of rotatable bonds is 8. The van der Waals surface area contributed by atoms with Crippen LogP contribution in [0.1, 0.15) is 19.4 Å². The molecule has 0 aliphatic carbocycles. The number of halogens is 1. The summed E-state index contributed by atoms with van der Waals surface area (Å²) in [5, 5.41) is 0. The third kappa shape index (κ3) is 5.09. The first kappa shape index (κ1) is 14.5. The van der Waals surface area contributed by atoms with Crippen LogP contribution in [0.25, 0.3) is 0 Å². The van der Waals surface area contributed by atoms with Crippen molar-refractivity contribution in [2.45, 2.75) is 19.7 Å². The molecule has 0 radical (unpaired) electrons. The van der Waals surface area contributed by atoms with Crippen LogP contribution in [0.3, 0.4) is 0 Å². The first-order valence-electron chi connectivity index (χ1n) is 5.84. The molecular formula is C13H19ClO2S. The quantitative estimate of drug-likeness (QED) is 0.528. The second-order valence-corrected chi connectivity index (χ2v) is 5.05. The van der Waals surface area contributed by atoms with Crippen LogP contribution in [0.5, 0.6) is 11.5 Å². The van der Waals surface area contributed by atoms with Crippen molar-refractivity contribution in [3.05, 3.63) is 23.8 Å². The molecule has 1 aromatic carbocycles. The molecule has 0 aromatic heterocycles. The number of hydrogen-bond donors (Lipinski definition) is 0. The van der Waals surface area contributed by atoms with Gasteiger partial charge in [0, 0.05) is 11.6 Å². The number of thioether (sulfide) groups is 1. The number of hydrogen-bond acceptors (Lipinski definition) is 3. The van der Waals surface area contributed by atoms with Crippen LogP contribution in [0.4, 0.5) is 0 Å². The molecule has 0 aliphatic rings. The van der Waals surface area contributed by atoms with Gasteiger partial charge in [-0.2, -0.15) is 11.8 Å². The SMILES string of the molecule is CCOc1cc(CCl)ccc1OCCSCC. The molecule has 0 atom stereocenters. The number of ether oxygens (including phenoxy) is 2. The average Bonchev–Trinajstić information content (AvgIpc) is 2.36. The minimum atomic E-state index is 0.492. The van der Waals surface area contributed by atoms with E-state index < -0.39 is 0 Å². The molecule has 0 spiro atoms. The van der Waals surface area contributed by atoms with Crippen LogP contribution in [-0.2, 0) is 5.88 Å². The molecule has 96 valence electrons. The summed E-state index contributed by atoms with van der Waals surface area (Å²) in [6.07, 6.45) is 0. The van der Waals surface area contributed by atoms with Crippen LogP contribution in [0.15, 0.2) is 18.2 Å². The molecule has 1 aromatic rings. The molecule has 0 fully saturated rings. The van der Waals surface area contributed by atoms with Gasteiger partial charge in [0.1, 0.15) is 0 Å². The van der Waals surface area contributed by atoms with E-state index in [1.807, 2.05) is 36.9 Å². The molecule has 0 bridgehead atoms. The van der Waals surface area contributed by atoms with Crippen LogP contribution < -0.4 is 9.47 Å². The summed E-state index contributed by atoms with van der Waals surface area (Å²) in [4.78, 5) is 0. The Morgan fingerprint density at radius 1 is 1.18 bits per heavy atom. The van der Waals surface area contributed by atoms with Gasteiger partial charge in [-0.15, -0.1) is 11.6 Å². The van der Waals surface area contributed by atoms with Crippen molar-refractivity contribution >= 4 is 23.4 Å². The number of benzene rings is 1. The van der Waals surface area contributed by atoms with Crippen LogP contribution in [0.2, 0.25) is 0 Å². The Morgan fingerprint density at radius 3 is 2.65 bits per heavy atom. The van der Waals surface area contributed by atoms with Gasteiger partial charge < -0.3 is 9.47 Å². The van der Waals surface area contributed by atoms with Gasteiger partial charge in [-0.3, -0.25) is 0 Å². The molecule has 0 N–H and O–H groups in total. The van der Waals surface area contributed by atoms with E-state index in [0.29, 0.717) is 19.1 Å². The van der Waals surface area contributed by atoms with Crippen molar-refractivity contribution in [3.63, 3.8) is 0 Å². The number of alkyl halides is 1. The summed E-state index contributed by atoms with van der Waals surface area (Å²) in [5.74, 6) is 4.20. The van der Waals surface area contributed by atoms with Gasteiger partial charge in [0.15, 0.2) is 11.5 Å². The monoisotopic (exact) mass is 274 g/mol. The molecule has 0 amide bonds. The lowest BCUT2D eigenvalue weighted by atomic mass is 10.2. The summed E-state index contributed by atoms with van der Waals surface area (Å²) in [5.41, 5.74) is 1.05. The van der Waals surface area contributed by atoms with Gasteiger partial charge in [-0.1, -0.05) is 13.0 Å². The minimum absolute atomic E-state index is 0.492. The Labute approximate surface area is 113 Å². The van der Waals surface area contributed by atoms with E-state index in [2.05, 4.69) is 6.92 Å². The zero-order chi connectivity index (χ0) is 12.5. The maximum Gasteiger partial charge on any atom is 0.161 e. The lowest BCUT2D eigenvalue weighted by Crippen LogP contribution is -2.03. The van der Waals surface area contributed by atoms with Gasteiger partial charge >= 0.3 is 0 Å². The van der Waals surface area contributed by atoms with Crippen molar-refractivity contribution in [2.75, 3.05) is 24.7 Å². The Bertz CT molecular complexity index is 331. The molecular weight excluding hydrogens is 256 g/mol. The van der Waals surface area contributed by atoms with Gasteiger partial charge in [0.25, 0.3) is 0 Å². The predicted octanol–water partition coefficient (Wildman–Crippen LogP) is 3.96. The molecule has 0 aliphatic heterocycles. The summed E-state index contributed by atoms with van der Waals surface area (Å²) < 4.78 is 11.2. The Morgan fingerprint density at radius 2 is 2.00 bits per heavy atom. The molecule has 0 unspecified atom stereocenters. The maximum absolute atomic E-state index is 5.80. The Hall–Kier alpha value is -0.540. The van der Waals surface area contributed by atoms with E-state index in [0.717, 1.165) is 28.6 Å². The zero-order valence-electron chi connectivity index (χ0n) is 10.4. The molecule has 1 rings (SSSR count). The molecule has 0 saturated heterocycles. The third-order valence-electron chi connectivity index (χ3n) is 2.15. The lowest BCUT2D eigenvalue weighted by Gasteiger charge is -2.12. The van der Waals surface area contributed by atoms with Crippen molar-refractivity contribution in [2.24, 2.45) is 0 Å². The summed E-state index contributed by atoms with van der Waals surface area (Å²) in [6, 6.07) is 5.84. The fourth-order valence-electron chi connectivity index (χ4n) is 1.38. The van der Waals surface area contributed by atoms with E-state index in [1.165, 1.54) is 0 Å². The van der Waals surface area contributed by atoms with Gasteiger partial charge in [-0.05, 0) is 30.4 Å². The summed E-state index contributed by atoms with van der Waals surface area (Å²) in [6.45, 7) is 5.44. The van der Waals surface area contributed by atoms with E-state index in [-0.39, 0.29) is 0 Å². The zero-order valence-corrected chi connectivity index (χ0v) is 11.9. The molecule has 4 heteroatoms.